The van der Waals surface area contributed by atoms with E-state index in [0.29, 0.717) is 0 Å². The van der Waals surface area contributed by atoms with Crippen LogP contribution in [0.5, 0.6) is 0 Å². The van der Waals surface area contributed by atoms with Gasteiger partial charge in [0.1, 0.15) is 6.04 Å². The number of benzene rings is 1. The van der Waals surface area contributed by atoms with Crippen LogP contribution < -0.4 is 0 Å². The number of aromatic nitrogens is 2. The van der Waals surface area contributed by atoms with Crippen molar-refractivity contribution >= 4 is 5.91 Å². The Bertz CT molecular complexity index is 569. The first-order chi connectivity index (χ1) is 8.99. The molecule has 2 rings (SSSR count). The van der Waals surface area contributed by atoms with Crippen LogP contribution in [0.3, 0.4) is 0 Å². The van der Waals surface area contributed by atoms with Crippen molar-refractivity contribution in [2.45, 2.75) is 19.9 Å². The first-order valence-electron chi connectivity index (χ1n) is 6.32. The molecule has 4 heteroatoms. The standard InChI is InChI=1S/C15H19N3O/c1-11-5-7-13(8-6-11)14-9-10-18(16-14)12(2)15(19)17(3)4/h5-10,12H,1-4H3. The smallest absolute Gasteiger partial charge is 0.246 e. The Labute approximate surface area is 113 Å². The Morgan fingerprint density at radius 2 is 1.84 bits per heavy atom. The Morgan fingerprint density at radius 1 is 1.21 bits per heavy atom. The van der Waals surface area contributed by atoms with Crippen molar-refractivity contribution in [3.63, 3.8) is 0 Å². The Balaban J connectivity index is 2.24. The summed E-state index contributed by atoms with van der Waals surface area (Å²) in [5.41, 5.74) is 3.17. The molecule has 0 fully saturated rings. The molecule has 0 bridgehead atoms. The van der Waals surface area contributed by atoms with Crippen molar-refractivity contribution in [3.05, 3.63) is 42.1 Å². The molecule has 0 spiro atoms. The van der Waals surface area contributed by atoms with Gasteiger partial charge in [0, 0.05) is 25.9 Å². The van der Waals surface area contributed by atoms with Crippen molar-refractivity contribution in [1.29, 1.82) is 0 Å². The number of nitrogens with zero attached hydrogens (tertiary/aromatic N) is 3. The molecule has 0 N–H and O–H groups in total. The maximum atomic E-state index is 11.9. The number of likely N-dealkylation sites (N-methyl/N-ethyl adjacent to an activating group) is 1. The number of carbonyl (C=O) groups excluding carboxylic acids is 1. The van der Waals surface area contributed by atoms with Gasteiger partial charge in [0.15, 0.2) is 0 Å². The van der Waals surface area contributed by atoms with Gasteiger partial charge >= 0.3 is 0 Å². The predicted molar refractivity (Wildman–Crippen MR) is 75.8 cm³/mol. The lowest BCUT2D eigenvalue weighted by Crippen LogP contribution is -2.30. The fourth-order valence-electron chi connectivity index (χ4n) is 1.92. The molecule has 100 valence electrons. The fourth-order valence-corrected chi connectivity index (χ4v) is 1.92. The van der Waals surface area contributed by atoms with E-state index in [1.165, 1.54) is 5.56 Å². The summed E-state index contributed by atoms with van der Waals surface area (Å²) in [6, 6.07) is 9.85. The quantitative estimate of drug-likeness (QED) is 0.847. The minimum absolute atomic E-state index is 0.0403. The van der Waals surface area contributed by atoms with Gasteiger partial charge in [-0.05, 0) is 19.9 Å². The van der Waals surface area contributed by atoms with Crippen LogP contribution in [-0.2, 0) is 4.79 Å². The van der Waals surface area contributed by atoms with Gasteiger partial charge in [-0.3, -0.25) is 9.48 Å². The minimum Gasteiger partial charge on any atom is -0.347 e. The van der Waals surface area contributed by atoms with E-state index in [2.05, 4.69) is 24.2 Å². The Kier molecular flexibility index (Phi) is 3.69. The van der Waals surface area contributed by atoms with Gasteiger partial charge in [-0.25, -0.2) is 0 Å². The van der Waals surface area contributed by atoms with Crippen LogP contribution in [0.4, 0.5) is 0 Å². The lowest BCUT2D eigenvalue weighted by Gasteiger charge is -2.16. The van der Waals surface area contributed by atoms with Gasteiger partial charge in [0.2, 0.25) is 5.91 Å². The minimum atomic E-state index is -0.283. The predicted octanol–water partition coefficient (Wildman–Crippen LogP) is 2.51. The van der Waals surface area contributed by atoms with E-state index in [9.17, 15) is 4.79 Å². The molecular formula is C15H19N3O. The molecule has 0 aliphatic rings. The highest BCUT2D eigenvalue weighted by Crippen LogP contribution is 2.19. The van der Waals surface area contributed by atoms with Crippen LogP contribution in [0.25, 0.3) is 11.3 Å². The molecule has 0 radical (unpaired) electrons. The van der Waals surface area contributed by atoms with Gasteiger partial charge in [0.05, 0.1) is 5.69 Å². The number of amides is 1. The molecular weight excluding hydrogens is 238 g/mol. The molecule has 1 atom stereocenters. The summed E-state index contributed by atoms with van der Waals surface area (Å²) < 4.78 is 1.71. The van der Waals surface area contributed by atoms with Crippen molar-refractivity contribution < 1.29 is 4.79 Å². The second kappa shape index (κ2) is 5.26. The molecule has 0 saturated carbocycles. The van der Waals surface area contributed by atoms with Crippen molar-refractivity contribution in [2.75, 3.05) is 14.1 Å². The highest BCUT2D eigenvalue weighted by molar-refractivity contribution is 5.79. The highest BCUT2D eigenvalue weighted by atomic mass is 16.2. The van der Waals surface area contributed by atoms with Crippen LogP contribution in [0.2, 0.25) is 0 Å². The van der Waals surface area contributed by atoms with E-state index in [4.69, 9.17) is 0 Å². The zero-order chi connectivity index (χ0) is 14.0. The van der Waals surface area contributed by atoms with Crippen LogP contribution in [-0.4, -0.2) is 34.7 Å². The maximum absolute atomic E-state index is 11.9. The lowest BCUT2D eigenvalue weighted by atomic mass is 10.1. The third kappa shape index (κ3) is 2.84. The second-order valence-corrected chi connectivity index (χ2v) is 4.96. The first-order valence-corrected chi connectivity index (χ1v) is 6.32. The summed E-state index contributed by atoms with van der Waals surface area (Å²) in [5, 5.41) is 4.48. The Hall–Kier alpha value is -2.10. The van der Waals surface area contributed by atoms with Crippen molar-refractivity contribution in [1.82, 2.24) is 14.7 Å². The SMILES string of the molecule is Cc1ccc(-c2ccn(C(C)C(=O)N(C)C)n2)cc1. The van der Waals surface area contributed by atoms with E-state index < -0.39 is 0 Å². The number of aryl methyl sites for hydroxylation is 1. The van der Waals surface area contributed by atoms with Gasteiger partial charge < -0.3 is 4.90 Å². The van der Waals surface area contributed by atoms with E-state index in [1.807, 2.05) is 31.3 Å². The summed E-state index contributed by atoms with van der Waals surface area (Å²) in [6.45, 7) is 3.91. The fraction of sp³-hybridized carbons (Fsp3) is 0.333. The van der Waals surface area contributed by atoms with Gasteiger partial charge in [-0.15, -0.1) is 0 Å². The molecule has 0 aliphatic heterocycles. The molecule has 1 heterocycles. The molecule has 0 saturated heterocycles. The highest BCUT2D eigenvalue weighted by Gasteiger charge is 2.17. The zero-order valence-corrected chi connectivity index (χ0v) is 11.8. The largest absolute Gasteiger partial charge is 0.347 e. The average Bonchev–Trinajstić information content (AvgIpc) is 2.87. The first kappa shape index (κ1) is 13.3. The van der Waals surface area contributed by atoms with E-state index in [0.717, 1.165) is 11.3 Å². The molecule has 1 amide bonds. The normalized spacial score (nSPS) is 12.2. The van der Waals surface area contributed by atoms with Crippen LogP contribution in [0.15, 0.2) is 36.5 Å². The summed E-state index contributed by atoms with van der Waals surface area (Å²) in [4.78, 5) is 13.5. The third-order valence-corrected chi connectivity index (χ3v) is 3.15. The average molecular weight is 257 g/mol. The molecule has 19 heavy (non-hydrogen) atoms. The molecule has 2 aromatic rings. The molecule has 4 nitrogen and oxygen atoms in total. The topological polar surface area (TPSA) is 38.1 Å². The number of carbonyl (C=O) groups is 1. The summed E-state index contributed by atoms with van der Waals surface area (Å²) in [7, 11) is 3.51. The molecule has 1 unspecified atom stereocenters. The monoisotopic (exact) mass is 257 g/mol. The maximum Gasteiger partial charge on any atom is 0.246 e. The van der Waals surface area contributed by atoms with Crippen LogP contribution in [0, 0.1) is 6.92 Å². The van der Waals surface area contributed by atoms with E-state index in [-0.39, 0.29) is 11.9 Å². The number of rotatable bonds is 3. The Morgan fingerprint density at radius 3 is 2.42 bits per heavy atom. The number of hydrogen-bond donors (Lipinski definition) is 0. The van der Waals surface area contributed by atoms with Gasteiger partial charge in [-0.2, -0.15) is 5.10 Å². The summed E-state index contributed by atoms with van der Waals surface area (Å²) >= 11 is 0. The van der Waals surface area contributed by atoms with E-state index in [1.54, 1.807) is 23.7 Å². The molecule has 1 aromatic carbocycles. The second-order valence-electron chi connectivity index (χ2n) is 4.96. The summed E-state index contributed by atoms with van der Waals surface area (Å²) in [6.07, 6.45) is 1.85. The summed E-state index contributed by atoms with van der Waals surface area (Å²) in [5.74, 6) is 0.0403. The van der Waals surface area contributed by atoms with Crippen LogP contribution >= 0.6 is 0 Å². The van der Waals surface area contributed by atoms with Crippen molar-refractivity contribution in [2.24, 2.45) is 0 Å². The third-order valence-electron chi connectivity index (χ3n) is 3.15. The zero-order valence-electron chi connectivity index (χ0n) is 11.8. The number of hydrogen-bond acceptors (Lipinski definition) is 2. The molecule has 0 aliphatic carbocycles. The van der Waals surface area contributed by atoms with Gasteiger partial charge in [-0.1, -0.05) is 29.8 Å². The van der Waals surface area contributed by atoms with E-state index >= 15 is 0 Å². The molecule has 1 aromatic heterocycles. The van der Waals surface area contributed by atoms with Crippen molar-refractivity contribution in [3.8, 4) is 11.3 Å². The van der Waals surface area contributed by atoms with Crippen LogP contribution in [0.1, 0.15) is 18.5 Å². The van der Waals surface area contributed by atoms with Gasteiger partial charge in [0.25, 0.3) is 0 Å². The lowest BCUT2D eigenvalue weighted by molar-refractivity contribution is -0.131.